The molecule has 1 amide bonds. The maximum atomic E-state index is 10.5. The highest BCUT2D eigenvalue weighted by Gasteiger charge is 2.10. The number of aliphatic hydroxyl groups excluding tert-OH is 1. The Kier molecular flexibility index (Phi) is 2.28. The molecule has 1 heterocycles. The minimum atomic E-state index is -0.802. The SMILES string of the molecule is CC(=O)NC1=CC=CNC1O. The van der Waals surface area contributed by atoms with Crippen molar-refractivity contribution >= 4 is 5.91 Å². The molecule has 0 bridgehead atoms. The zero-order chi connectivity index (χ0) is 8.27. The number of hydrogen-bond donors (Lipinski definition) is 3. The van der Waals surface area contributed by atoms with Crippen molar-refractivity contribution in [3.8, 4) is 0 Å². The van der Waals surface area contributed by atoms with Gasteiger partial charge in [-0.3, -0.25) is 4.79 Å². The van der Waals surface area contributed by atoms with Crippen molar-refractivity contribution in [3.63, 3.8) is 0 Å². The fourth-order valence-corrected chi connectivity index (χ4v) is 0.793. The Bertz CT molecular complexity index is 220. The lowest BCUT2D eigenvalue weighted by Gasteiger charge is -2.17. The van der Waals surface area contributed by atoms with Gasteiger partial charge in [0.05, 0.1) is 5.70 Å². The first-order chi connectivity index (χ1) is 5.20. The van der Waals surface area contributed by atoms with Gasteiger partial charge in [0.25, 0.3) is 0 Å². The molecule has 11 heavy (non-hydrogen) atoms. The highest BCUT2D eigenvalue weighted by atomic mass is 16.3. The Morgan fingerprint density at radius 2 is 2.55 bits per heavy atom. The lowest BCUT2D eigenvalue weighted by Crippen LogP contribution is -2.36. The van der Waals surface area contributed by atoms with Crippen LogP contribution in [0.3, 0.4) is 0 Å². The quantitative estimate of drug-likeness (QED) is 0.474. The molecule has 1 unspecified atom stereocenters. The number of aliphatic hydroxyl groups is 1. The molecule has 60 valence electrons. The molecule has 1 aliphatic heterocycles. The van der Waals surface area contributed by atoms with Crippen LogP contribution < -0.4 is 10.6 Å². The van der Waals surface area contributed by atoms with Gasteiger partial charge < -0.3 is 15.7 Å². The number of amides is 1. The molecule has 1 atom stereocenters. The molecule has 0 radical (unpaired) electrons. The Balaban J connectivity index is 2.61. The van der Waals surface area contributed by atoms with Crippen molar-refractivity contribution in [2.75, 3.05) is 0 Å². The molecular weight excluding hydrogens is 144 g/mol. The van der Waals surface area contributed by atoms with E-state index in [-0.39, 0.29) is 5.91 Å². The summed E-state index contributed by atoms with van der Waals surface area (Å²) in [6.45, 7) is 1.39. The highest BCUT2D eigenvalue weighted by Crippen LogP contribution is 2.00. The standard InChI is InChI=1S/C7H10N2O2/c1-5(10)9-6-3-2-4-8-7(6)11/h2-4,7-8,11H,1H3,(H,9,10). The van der Waals surface area contributed by atoms with Crippen LogP contribution in [0, 0.1) is 0 Å². The largest absolute Gasteiger partial charge is 0.368 e. The lowest BCUT2D eigenvalue weighted by atomic mass is 10.3. The third-order valence-electron chi connectivity index (χ3n) is 1.24. The lowest BCUT2D eigenvalue weighted by molar-refractivity contribution is -0.118. The predicted octanol–water partition coefficient (Wildman–Crippen LogP) is -0.558. The summed E-state index contributed by atoms with van der Waals surface area (Å²) >= 11 is 0. The van der Waals surface area contributed by atoms with E-state index in [1.807, 2.05) is 0 Å². The zero-order valence-corrected chi connectivity index (χ0v) is 6.16. The molecule has 1 rings (SSSR count). The molecule has 3 N–H and O–H groups in total. The summed E-state index contributed by atoms with van der Waals surface area (Å²) in [5.41, 5.74) is 0.472. The molecule has 0 spiro atoms. The van der Waals surface area contributed by atoms with Crippen LogP contribution in [-0.2, 0) is 4.79 Å². The number of allylic oxidation sites excluding steroid dienone is 2. The van der Waals surface area contributed by atoms with Gasteiger partial charge in [0.2, 0.25) is 5.91 Å². The molecule has 0 saturated carbocycles. The van der Waals surface area contributed by atoms with Crippen LogP contribution in [0.5, 0.6) is 0 Å². The third kappa shape index (κ3) is 2.09. The fourth-order valence-electron chi connectivity index (χ4n) is 0.793. The van der Waals surface area contributed by atoms with Crippen LogP contribution in [0.2, 0.25) is 0 Å². The summed E-state index contributed by atoms with van der Waals surface area (Å²) < 4.78 is 0. The minimum Gasteiger partial charge on any atom is -0.368 e. The Morgan fingerprint density at radius 1 is 1.82 bits per heavy atom. The van der Waals surface area contributed by atoms with Crippen molar-refractivity contribution < 1.29 is 9.90 Å². The van der Waals surface area contributed by atoms with Crippen LogP contribution in [0.4, 0.5) is 0 Å². The van der Waals surface area contributed by atoms with Crippen LogP contribution >= 0.6 is 0 Å². The number of rotatable bonds is 1. The molecule has 4 heteroatoms. The molecule has 0 aromatic heterocycles. The first-order valence-corrected chi connectivity index (χ1v) is 3.28. The van der Waals surface area contributed by atoms with E-state index in [1.54, 1.807) is 18.4 Å². The molecule has 0 aromatic rings. The number of nitrogens with one attached hydrogen (secondary N) is 2. The van der Waals surface area contributed by atoms with E-state index in [0.29, 0.717) is 5.70 Å². The molecule has 0 saturated heterocycles. The normalized spacial score (nSPS) is 22.0. The van der Waals surface area contributed by atoms with Crippen molar-refractivity contribution in [1.82, 2.24) is 10.6 Å². The van der Waals surface area contributed by atoms with E-state index in [2.05, 4.69) is 10.6 Å². The van der Waals surface area contributed by atoms with Crippen molar-refractivity contribution in [1.29, 1.82) is 0 Å². The Morgan fingerprint density at radius 3 is 3.09 bits per heavy atom. The highest BCUT2D eigenvalue weighted by molar-refractivity contribution is 5.75. The van der Waals surface area contributed by atoms with Crippen molar-refractivity contribution in [2.24, 2.45) is 0 Å². The molecule has 1 aliphatic rings. The Hall–Kier alpha value is -1.29. The fraction of sp³-hybridized carbons (Fsp3) is 0.286. The van der Waals surface area contributed by atoms with Crippen LogP contribution in [0.15, 0.2) is 24.0 Å². The summed E-state index contributed by atoms with van der Waals surface area (Å²) in [5, 5.41) is 14.3. The topological polar surface area (TPSA) is 61.4 Å². The van der Waals surface area contributed by atoms with Gasteiger partial charge in [-0.05, 0) is 18.4 Å². The molecular formula is C7H10N2O2. The van der Waals surface area contributed by atoms with E-state index in [1.165, 1.54) is 6.92 Å². The number of carbonyl (C=O) groups is 1. The maximum Gasteiger partial charge on any atom is 0.221 e. The van der Waals surface area contributed by atoms with Gasteiger partial charge in [-0.25, -0.2) is 0 Å². The molecule has 0 aromatic carbocycles. The van der Waals surface area contributed by atoms with Gasteiger partial charge in [-0.2, -0.15) is 0 Å². The second kappa shape index (κ2) is 3.21. The molecule has 4 nitrogen and oxygen atoms in total. The second-order valence-electron chi connectivity index (χ2n) is 2.23. The minimum absolute atomic E-state index is 0.188. The van der Waals surface area contributed by atoms with Gasteiger partial charge in [-0.15, -0.1) is 0 Å². The number of carbonyl (C=O) groups excluding carboxylic acids is 1. The van der Waals surface area contributed by atoms with E-state index in [9.17, 15) is 9.90 Å². The monoisotopic (exact) mass is 154 g/mol. The maximum absolute atomic E-state index is 10.5. The first-order valence-electron chi connectivity index (χ1n) is 3.28. The average Bonchev–Trinajstić information content (AvgIpc) is 1.93. The summed E-state index contributed by atoms with van der Waals surface area (Å²) in [4.78, 5) is 10.5. The van der Waals surface area contributed by atoms with Crippen LogP contribution in [-0.4, -0.2) is 17.2 Å². The second-order valence-corrected chi connectivity index (χ2v) is 2.23. The smallest absolute Gasteiger partial charge is 0.221 e. The van der Waals surface area contributed by atoms with Gasteiger partial charge in [0, 0.05) is 6.92 Å². The van der Waals surface area contributed by atoms with E-state index in [4.69, 9.17) is 0 Å². The van der Waals surface area contributed by atoms with Crippen LogP contribution in [0.1, 0.15) is 6.92 Å². The zero-order valence-electron chi connectivity index (χ0n) is 6.16. The predicted molar refractivity (Wildman–Crippen MR) is 40.2 cm³/mol. The van der Waals surface area contributed by atoms with E-state index < -0.39 is 6.23 Å². The number of hydrogen-bond acceptors (Lipinski definition) is 3. The summed E-state index contributed by atoms with van der Waals surface area (Å²) in [5.74, 6) is -0.188. The van der Waals surface area contributed by atoms with Crippen molar-refractivity contribution in [2.45, 2.75) is 13.2 Å². The summed E-state index contributed by atoms with van der Waals surface area (Å²) in [7, 11) is 0. The average molecular weight is 154 g/mol. The first kappa shape index (κ1) is 7.81. The van der Waals surface area contributed by atoms with Crippen LogP contribution in [0.25, 0.3) is 0 Å². The van der Waals surface area contributed by atoms with E-state index >= 15 is 0 Å². The van der Waals surface area contributed by atoms with Gasteiger partial charge >= 0.3 is 0 Å². The molecule has 0 fully saturated rings. The summed E-state index contributed by atoms with van der Waals surface area (Å²) in [6.07, 6.45) is 4.15. The number of dihydropyridines is 1. The Labute approximate surface area is 64.6 Å². The summed E-state index contributed by atoms with van der Waals surface area (Å²) in [6, 6.07) is 0. The van der Waals surface area contributed by atoms with E-state index in [0.717, 1.165) is 0 Å². The molecule has 0 aliphatic carbocycles. The van der Waals surface area contributed by atoms with Crippen molar-refractivity contribution in [3.05, 3.63) is 24.0 Å². The van der Waals surface area contributed by atoms with Gasteiger partial charge in [-0.1, -0.05) is 0 Å². The third-order valence-corrected chi connectivity index (χ3v) is 1.24. The van der Waals surface area contributed by atoms with Gasteiger partial charge in [0.1, 0.15) is 0 Å². The van der Waals surface area contributed by atoms with Gasteiger partial charge in [0.15, 0.2) is 6.23 Å².